The van der Waals surface area contributed by atoms with Gasteiger partial charge in [0.05, 0.1) is 11.8 Å². The monoisotopic (exact) mass is 387 g/mol. The maximum Gasteiger partial charge on any atom is 0.410 e. The SMILES string of the molecule is CC(O)CN(CCNCc1ccc(Br)cn1)C(=O)OC(C)(C)C. The van der Waals surface area contributed by atoms with Gasteiger partial charge in [-0.2, -0.15) is 0 Å². The predicted molar refractivity (Wildman–Crippen MR) is 93.1 cm³/mol. The zero-order valence-corrected chi connectivity index (χ0v) is 15.8. The smallest absolute Gasteiger partial charge is 0.410 e. The van der Waals surface area contributed by atoms with Gasteiger partial charge in [-0.05, 0) is 55.8 Å². The van der Waals surface area contributed by atoms with Gasteiger partial charge in [-0.25, -0.2) is 4.79 Å². The number of hydrogen-bond donors (Lipinski definition) is 2. The van der Waals surface area contributed by atoms with E-state index in [1.54, 1.807) is 13.1 Å². The van der Waals surface area contributed by atoms with E-state index in [1.807, 2.05) is 32.9 Å². The average Bonchev–Trinajstić information content (AvgIpc) is 2.41. The van der Waals surface area contributed by atoms with Crippen molar-refractivity contribution >= 4 is 22.0 Å². The lowest BCUT2D eigenvalue weighted by molar-refractivity contribution is 0.0164. The first-order valence-corrected chi connectivity index (χ1v) is 8.44. The number of aliphatic hydroxyl groups is 1. The van der Waals surface area contributed by atoms with Crippen LogP contribution >= 0.6 is 15.9 Å². The first-order valence-electron chi connectivity index (χ1n) is 7.64. The summed E-state index contributed by atoms with van der Waals surface area (Å²) in [6.07, 6.45) is 0.731. The van der Waals surface area contributed by atoms with Crippen LogP contribution in [0.15, 0.2) is 22.8 Å². The Bertz CT molecular complexity index is 486. The molecule has 1 amide bonds. The Morgan fingerprint density at radius 2 is 2.17 bits per heavy atom. The molecule has 23 heavy (non-hydrogen) atoms. The molecule has 2 N–H and O–H groups in total. The fourth-order valence-electron chi connectivity index (χ4n) is 1.84. The van der Waals surface area contributed by atoms with E-state index < -0.39 is 17.8 Å². The van der Waals surface area contributed by atoms with E-state index in [0.29, 0.717) is 19.6 Å². The number of nitrogens with zero attached hydrogens (tertiary/aromatic N) is 2. The van der Waals surface area contributed by atoms with Gasteiger partial charge in [0.1, 0.15) is 5.60 Å². The third kappa shape index (κ3) is 8.88. The van der Waals surface area contributed by atoms with Gasteiger partial charge >= 0.3 is 6.09 Å². The minimum Gasteiger partial charge on any atom is -0.444 e. The fourth-order valence-corrected chi connectivity index (χ4v) is 2.08. The molecule has 1 unspecified atom stereocenters. The standard InChI is InChI=1S/C16H26BrN3O3/c1-12(21)11-20(15(22)23-16(2,3)4)8-7-18-10-14-6-5-13(17)9-19-14/h5-6,9,12,18,21H,7-8,10-11H2,1-4H3. The number of pyridine rings is 1. The number of aromatic nitrogens is 1. The Morgan fingerprint density at radius 1 is 1.48 bits per heavy atom. The van der Waals surface area contributed by atoms with Crippen molar-refractivity contribution in [2.75, 3.05) is 19.6 Å². The number of aliphatic hydroxyl groups excluding tert-OH is 1. The van der Waals surface area contributed by atoms with Gasteiger partial charge in [-0.1, -0.05) is 0 Å². The van der Waals surface area contributed by atoms with Crippen LogP contribution in [0, 0.1) is 0 Å². The van der Waals surface area contributed by atoms with Gasteiger partial charge < -0.3 is 20.1 Å². The predicted octanol–water partition coefficient (Wildman–Crippen LogP) is 2.55. The Balaban J connectivity index is 2.44. The Morgan fingerprint density at radius 3 is 2.70 bits per heavy atom. The molecule has 0 saturated heterocycles. The van der Waals surface area contributed by atoms with Crippen LogP contribution in [-0.4, -0.2) is 52.4 Å². The molecule has 0 aromatic carbocycles. The lowest BCUT2D eigenvalue weighted by Crippen LogP contribution is -2.43. The Kier molecular flexibility index (Phi) is 7.94. The quantitative estimate of drug-likeness (QED) is 0.703. The van der Waals surface area contributed by atoms with Crippen molar-refractivity contribution < 1.29 is 14.6 Å². The second-order valence-corrected chi connectivity index (χ2v) is 7.34. The highest BCUT2D eigenvalue weighted by Gasteiger charge is 2.22. The second kappa shape index (κ2) is 9.20. The van der Waals surface area contributed by atoms with E-state index >= 15 is 0 Å². The number of nitrogens with one attached hydrogen (secondary N) is 1. The molecular formula is C16H26BrN3O3. The van der Waals surface area contributed by atoms with E-state index in [-0.39, 0.29) is 6.54 Å². The van der Waals surface area contributed by atoms with Gasteiger partial charge in [0.25, 0.3) is 0 Å². The number of halogens is 1. The Labute approximate surface area is 146 Å². The molecular weight excluding hydrogens is 362 g/mol. The molecule has 7 heteroatoms. The van der Waals surface area contributed by atoms with Gasteiger partial charge in [-0.3, -0.25) is 4.98 Å². The van der Waals surface area contributed by atoms with Crippen molar-refractivity contribution in [1.29, 1.82) is 0 Å². The number of rotatable bonds is 7. The maximum absolute atomic E-state index is 12.1. The van der Waals surface area contributed by atoms with Crippen molar-refractivity contribution in [3.05, 3.63) is 28.5 Å². The highest BCUT2D eigenvalue weighted by molar-refractivity contribution is 9.10. The van der Waals surface area contributed by atoms with Crippen molar-refractivity contribution in [2.24, 2.45) is 0 Å². The highest BCUT2D eigenvalue weighted by Crippen LogP contribution is 2.10. The van der Waals surface area contributed by atoms with E-state index in [4.69, 9.17) is 4.74 Å². The summed E-state index contributed by atoms with van der Waals surface area (Å²) in [7, 11) is 0. The molecule has 1 aromatic heterocycles. The molecule has 0 radical (unpaired) electrons. The van der Waals surface area contributed by atoms with Gasteiger partial charge in [0.2, 0.25) is 0 Å². The van der Waals surface area contributed by atoms with Crippen LogP contribution < -0.4 is 5.32 Å². The molecule has 1 heterocycles. The van der Waals surface area contributed by atoms with Crippen molar-refractivity contribution in [1.82, 2.24) is 15.2 Å². The minimum absolute atomic E-state index is 0.243. The molecule has 0 aliphatic rings. The molecule has 130 valence electrons. The number of hydrogen-bond acceptors (Lipinski definition) is 5. The van der Waals surface area contributed by atoms with Crippen molar-refractivity contribution in [2.45, 2.75) is 45.9 Å². The van der Waals surface area contributed by atoms with Crippen LogP contribution in [0.5, 0.6) is 0 Å². The summed E-state index contributed by atoms with van der Waals surface area (Å²) in [6.45, 7) is 9.02. The normalized spacial score (nSPS) is 12.8. The molecule has 0 bridgehead atoms. The molecule has 0 spiro atoms. The summed E-state index contributed by atoms with van der Waals surface area (Å²) >= 11 is 3.34. The zero-order valence-electron chi connectivity index (χ0n) is 14.2. The molecule has 1 atom stereocenters. The average molecular weight is 388 g/mol. The largest absolute Gasteiger partial charge is 0.444 e. The molecule has 1 rings (SSSR count). The lowest BCUT2D eigenvalue weighted by Gasteiger charge is -2.28. The van der Waals surface area contributed by atoms with Crippen LogP contribution in [-0.2, 0) is 11.3 Å². The summed E-state index contributed by atoms with van der Waals surface area (Å²) in [6, 6.07) is 3.86. The topological polar surface area (TPSA) is 74.7 Å². The molecule has 0 fully saturated rings. The zero-order chi connectivity index (χ0) is 17.5. The highest BCUT2D eigenvalue weighted by atomic mass is 79.9. The maximum atomic E-state index is 12.1. The van der Waals surface area contributed by atoms with Crippen LogP contribution in [0.2, 0.25) is 0 Å². The summed E-state index contributed by atoms with van der Waals surface area (Å²) in [4.78, 5) is 17.9. The van der Waals surface area contributed by atoms with Crippen LogP contribution in [0.1, 0.15) is 33.4 Å². The molecule has 0 saturated carbocycles. The van der Waals surface area contributed by atoms with Crippen LogP contribution in [0.25, 0.3) is 0 Å². The van der Waals surface area contributed by atoms with Crippen LogP contribution in [0.4, 0.5) is 4.79 Å². The Hall–Kier alpha value is -1.18. The van der Waals surface area contributed by atoms with Gasteiger partial charge in [-0.15, -0.1) is 0 Å². The number of carbonyl (C=O) groups is 1. The first-order chi connectivity index (χ1) is 10.7. The van der Waals surface area contributed by atoms with Crippen LogP contribution in [0.3, 0.4) is 0 Å². The van der Waals surface area contributed by atoms with Gasteiger partial charge in [0.15, 0.2) is 0 Å². The van der Waals surface area contributed by atoms with Gasteiger partial charge in [0, 0.05) is 36.8 Å². The summed E-state index contributed by atoms with van der Waals surface area (Å²) < 4.78 is 6.30. The third-order valence-electron chi connectivity index (χ3n) is 2.79. The first kappa shape index (κ1) is 19.9. The number of amides is 1. The third-order valence-corrected chi connectivity index (χ3v) is 3.26. The van der Waals surface area contributed by atoms with E-state index in [9.17, 15) is 9.90 Å². The van der Waals surface area contributed by atoms with E-state index in [2.05, 4.69) is 26.2 Å². The molecule has 0 aliphatic heterocycles. The molecule has 0 aliphatic carbocycles. The minimum atomic E-state index is -0.601. The van der Waals surface area contributed by atoms with Crippen molar-refractivity contribution in [3.63, 3.8) is 0 Å². The second-order valence-electron chi connectivity index (χ2n) is 6.42. The van der Waals surface area contributed by atoms with Crippen molar-refractivity contribution in [3.8, 4) is 0 Å². The number of ether oxygens (including phenoxy) is 1. The number of carbonyl (C=O) groups excluding carboxylic acids is 1. The summed E-state index contributed by atoms with van der Waals surface area (Å²) in [5.74, 6) is 0. The van der Waals surface area contributed by atoms with E-state index in [1.165, 1.54) is 4.90 Å². The molecule has 6 nitrogen and oxygen atoms in total. The summed E-state index contributed by atoms with van der Waals surface area (Å²) in [5.41, 5.74) is 0.371. The fraction of sp³-hybridized carbons (Fsp3) is 0.625. The lowest BCUT2D eigenvalue weighted by atomic mass is 10.2. The summed E-state index contributed by atoms with van der Waals surface area (Å²) in [5, 5.41) is 12.8. The van der Waals surface area contributed by atoms with E-state index in [0.717, 1.165) is 10.2 Å². The molecule has 1 aromatic rings.